The number of alkyl halides is 1. The standard InChI is InChI=1S/C18H16F2N2O/c19-10-18(11-21)17(16(9-23)22-18)13-7-5-12(6-8-13)14-3-1-2-4-15(14)20/h1-8,16-17,22-23H,9-10H2/t16-,17-,18+/m0/s1. The van der Waals surface area contributed by atoms with E-state index in [0.29, 0.717) is 11.1 Å². The van der Waals surface area contributed by atoms with Gasteiger partial charge < -0.3 is 5.11 Å². The minimum Gasteiger partial charge on any atom is -0.395 e. The average Bonchev–Trinajstić information content (AvgIpc) is 2.57. The van der Waals surface area contributed by atoms with Crippen LogP contribution < -0.4 is 5.32 Å². The zero-order valence-corrected chi connectivity index (χ0v) is 12.3. The molecule has 1 aliphatic heterocycles. The van der Waals surface area contributed by atoms with Gasteiger partial charge in [-0.25, -0.2) is 8.78 Å². The van der Waals surface area contributed by atoms with Crippen LogP contribution in [0, 0.1) is 17.1 Å². The van der Waals surface area contributed by atoms with Crippen LogP contribution in [0.15, 0.2) is 48.5 Å². The molecule has 1 fully saturated rings. The van der Waals surface area contributed by atoms with E-state index in [0.717, 1.165) is 5.56 Å². The summed E-state index contributed by atoms with van der Waals surface area (Å²) >= 11 is 0. The largest absolute Gasteiger partial charge is 0.395 e. The van der Waals surface area contributed by atoms with Crippen LogP contribution in [0.3, 0.4) is 0 Å². The van der Waals surface area contributed by atoms with Gasteiger partial charge in [0, 0.05) is 17.5 Å². The van der Waals surface area contributed by atoms with E-state index in [1.807, 2.05) is 6.07 Å². The summed E-state index contributed by atoms with van der Waals surface area (Å²) in [5.41, 5.74) is 0.651. The molecule has 0 spiro atoms. The molecule has 0 unspecified atom stereocenters. The Kier molecular flexibility index (Phi) is 4.12. The second-order valence-corrected chi connectivity index (χ2v) is 5.73. The van der Waals surface area contributed by atoms with E-state index in [4.69, 9.17) is 0 Å². The Bertz CT molecular complexity index is 741. The van der Waals surface area contributed by atoms with Crippen molar-refractivity contribution in [1.82, 2.24) is 5.32 Å². The molecule has 2 aromatic rings. The third kappa shape index (κ3) is 2.50. The van der Waals surface area contributed by atoms with Crippen LogP contribution in [0.1, 0.15) is 11.5 Å². The fourth-order valence-electron chi connectivity index (χ4n) is 3.24. The summed E-state index contributed by atoms with van der Waals surface area (Å²) in [6.07, 6.45) is 0. The maximum atomic E-state index is 13.8. The summed E-state index contributed by atoms with van der Waals surface area (Å²) in [6, 6.07) is 15.1. The van der Waals surface area contributed by atoms with E-state index in [1.54, 1.807) is 42.5 Å². The molecule has 1 saturated heterocycles. The van der Waals surface area contributed by atoms with Gasteiger partial charge in [0.05, 0.1) is 12.7 Å². The maximum absolute atomic E-state index is 13.8. The average molecular weight is 314 g/mol. The van der Waals surface area contributed by atoms with Gasteiger partial charge in [0.25, 0.3) is 0 Å². The molecular formula is C18H16F2N2O. The molecule has 118 valence electrons. The molecule has 1 aliphatic rings. The van der Waals surface area contributed by atoms with Crippen LogP contribution in [-0.4, -0.2) is 30.0 Å². The highest BCUT2D eigenvalue weighted by molar-refractivity contribution is 5.64. The van der Waals surface area contributed by atoms with Crippen molar-refractivity contribution in [3.05, 3.63) is 59.9 Å². The number of hydrogen-bond donors (Lipinski definition) is 2. The van der Waals surface area contributed by atoms with E-state index in [-0.39, 0.29) is 18.5 Å². The molecule has 5 heteroatoms. The zero-order chi connectivity index (χ0) is 16.4. The van der Waals surface area contributed by atoms with Gasteiger partial charge >= 0.3 is 0 Å². The number of nitriles is 1. The van der Waals surface area contributed by atoms with Gasteiger partial charge in [-0.1, -0.05) is 42.5 Å². The lowest BCUT2D eigenvalue weighted by Gasteiger charge is -2.50. The second-order valence-electron chi connectivity index (χ2n) is 5.73. The molecule has 3 atom stereocenters. The fraction of sp³-hybridized carbons (Fsp3) is 0.278. The smallest absolute Gasteiger partial charge is 0.144 e. The van der Waals surface area contributed by atoms with Crippen LogP contribution in [0.4, 0.5) is 8.78 Å². The molecule has 0 radical (unpaired) electrons. The maximum Gasteiger partial charge on any atom is 0.144 e. The third-order valence-corrected chi connectivity index (χ3v) is 4.44. The SMILES string of the molecule is N#C[C@@]1(CF)N[C@@H](CO)[C@@H]1c1ccc(-c2ccccc2F)cc1. The number of aliphatic hydroxyl groups is 1. The molecule has 0 amide bonds. The highest BCUT2D eigenvalue weighted by Crippen LogP contribution is 2.41. The monoisotopic (exact) mass is 314 g/mol. The highest BCUT2D eigenvalue weighted by atomic mass is 19.1. The lowest BCUT2D eigenvalue weighted by atomic mass is 9.68. The summed E-state index contributed by atoms with van der Waals surface area (Å²) < 4.78 is 27.1. The van der Waals surface area contributed by atoms with Crippen LogP contribution in [0.2, 0.25) is 0 Å². The van der Waals surface area contributed by atoms with Crippen LogP contribution in [0.5, 0.6) is 0 Å². The van der Waals surface area contributed by atoms with Crippen LogP contribution in [-0.2, 0) is 0 Å². The van der Waals surface area contributed by atoms with Gasteiger partial charge in [0.2, 0.25) is 0 Å². The second kappa shape index (κ2) is 6.07. The van der Waals surface area contributed by atoms with E-state index in [9.17, 15) is 19.1 Å². The number of benzene rings is 2. The topological polar surface area (TPSA) is 56.0 Å². The molecule has 0 aliphatic carbocycles. The molecule has 2 aromatic carbocycles. The Hall–Kier alpha value is -2.29. The van der Waals surface area contributed by atoms with Gasteiger partial charge in [-0.15, -0.1) is 0 Å². The van der Waals surface area contributed by atoms with Crippen molar-refractivity contribution < 1.29 is 13.9 Å². The Morgan fingerprint density at radius 3 is 2.43 bits per heavy atom. The van der Waals surface area contributed by atoms with E-state index in [1.165, 1.54) is 6.07 Å². The van der Waals surface area contributed by atoms with Crippen LogP contribution >= 0.6 is 0 Å². The van der Waals surface area contributed by atoms with Crippen molar-refractivity contribution in [2.45, 2.75) is 17.5 Å². The van der Waals surface area contributed by atoms with Gasteiger partial charge in [-0.05, 0) is 17.2 Å². The van der Waals surface area contributed by atoms with E-state index in [2.05, 4.69) is 5.32 Å². The van der Waals surface area contributed by atoms with Gasteiger partial charge in [0.15, 0.2) is 0 Å². The quantitative estimate of drug-likeness (QED) is 0.912. The minimum atomic E-state index is -1.30. The van der Waals surface area contributed by atoms with Crippen molar-refractivity contribution in [3.8, 4) is 17.2 Å². The van der Waals surface area contributed by atoms with Gasteiger partial charge in [0.1, 0.15) is 18.0 Å². The van der Waals surface area contributed by atoms with Crippen molar-refractivity contribution in [3.63, 3.8) is 0 Å². The Morgan fingerprint density at radius 2 is 1.87 bits per heavy atom. The number of halogens is 2. The first-order valence-electron chi connectivity index (χ1n) is 7.36. The number of nitrogens with one attached hydrogen (secondary N) is 1. The molecule has 0 saturated carbocycles. The first-order chi connectivity index (χ1) is 11.1. The summed E-state index contributed by atoms with van der Waals surface area (Å²) in [6.45, 7) is -1.01. The van der Waals surface area contributed by atoms with E-state index < -0.39 is 18.1 Å². The van der Waals surface area contributed by atoms with Gasteiger partial charge in [-0.2, -0.15) is 5.26 Å². The van der Waals surface area contributed by atoms with Gasteiger partial charge in [-0.3, -0.25) is 5.32 Å². The fourth-order valence-corrected chi connectivity index (χ4v) is 3.24. The van der Waals surface area contributed by atoms with E-state index >= 15 is 0 Å². The molecule has 0 bridgehead atoms. The molecule has 3 rings (SSSR count). The minimum absolute atomic E-state index is 0.177. The predicted molar refractivity (Wildman–Crippen MR) is 82.9 cm³/mol. The molecule has 3 nitrogen and oxygen atoms in total. The molecule has 1 heterocycles. The Labute approximate surface area is 133 Å². The van der Waals surface area contributed by atoms with Crippen molar-refractivity contribution in [2.24, 2.45) is 0 Å². The third-order valence-electron chi connectivity index (χ3n) is 4.44. The lowest BCUT2D eigenvalue weighted by Crippen LogP contribution is -2.71. The number of aliphatic hydroxyl groups excluding tert-OH is 1. The highest BCUT2D eigenvalue weighted by Gasteiger charge is 2.54. The summed E-state index contributed by atoms with van der Waals surface area (Å²) in [4.78, 5) is 0. The Balaban J connectivity index is 1.93. The first kappa shape index (κ1) is 15.6. The summed E-state index contributed by atoms with van der Waals surface area (Å²) in [5.74, 6) is -0.744. The van der Waals surface area contributed by atoms with Crippen LogP contribution in [0.25, 0.3) is 11.1 Å². The molecular weight excluding hydrogens is 298 g/mol. The lowest BCUT2D eigenvalue weighted by molar-refractivity contribution is 0.0688. The number of hydrogen-bond acceptors (Lipinski definition) is 3. The number of nitrogens with zero attached hydrogens (tertiary/aromatic N) is 1. The zero-order valence-electron chi connectivity index (χ0n) is 12.3. The first-order valence-corrected chi connectivity index (χ1v) is 7.36. The van der Waals surface area contributed by atoms with Crippen molar-refractivity contribution >= 4 is 0 Å². The molecule has 2 N–H and O–H groups in total. The normalized spacial score (nSPS) is 26.3. The molecule has 23 heavy (non-hydrogen) atoms. The van der Waals surface area contributed by atoms with Crippen molar-refractivity contribution in [1.29, 1.82) is 5.26 Å². The number of rotatable bonds is 4. The van der Waals surface area contributed by atoms with Crippen molar-refractivity contribution in [2.75, 3.05) is 13.3 Å². The summed E-state index contributed by atoms with van der Waals surface area (Å²) in [5, 5.41) is 21.4. The Morgan fingerprint density at radius 1 is 1.17 bits per heavy atom. The summed E-state index contributed by atoms with van der Waals surface area (Å²) in [7, 11) is 0. The molecule has 0 aromatic heterocycles. The predicted octanol–water partition coefficient (Wildman–Crippen LogP) is 2.77.